The fourth-order valence-corrected chi connectivity index (χ4v) is 4.57. The smallest absolute Gasteiger partial charge is 0.376 e. The molecule has 2 aromatic rings. The number of nitrogens with zero attached hydrogens (tertiary/aromatic N) is 2. The molecular weight excluding hydrogens is 433 g/mol. The van der Waals surface area contributed by atoms with E-state index in [1.165, 1.54) is 4.68 Å². The zero-order valence-electron chi connectivity index (χ0n) is 16.5. The van der Waals surface area contributed by atoms with E-state index in [1.807, 2.05) is 0 Å². The summed E-state index contributed by atoms with van der Waals surface area (Å²) in [6.45, 7) is 1.04. The van der Waals surface area contributed by atoms with Crippen LogP contribution in [0.2, 0.25) is 0 Å². The van der Waals surface area contributed by atoms with Crippen LogP contribution in [0.4, 0.5) is 19.0 Å². The summed E-state index contributed by atoms with van der Waals surface area (Å²) in [5, 5.41) is 10.00. The van der Waals surface area contributed by atoms with Crippen molar-refractivity contribution in [1.82, 2.24) is 15.1 Å². The zero-order valence-corrected chi connectivity index (χ0v) is 17.3. The molecule has 2 N–H and O–H groups in total. The molecule has 0 spiro atoms. The SMILES string of the molecule is O=C(Cn1nc2c(c1NC(=O)c1ccc(C(F)(F)F)cc1)CSC2)NC[C@H]1CCCO1. The summed E-state index contributed by atoms with van der Waals surface area (Å²) in [4.78, 5) is 25.0. The largest absolute Gasteiger partial charge is 0.416 e. The maximum Gasteiger partial charge on any atom is 0.416 e. The van der Waals surface area contributed by atoms with Gasteiger partial charge in [-0.2, -0.15) is 30.0 Å². The van der Waals surface area contributed by atoms with Gasteiger partial charge >= 0.3 is 6.18 Å². The first kappa shape index (κ1) is 21.7. The molecule has 2 amide bonds. The summed E-state index contributed by atoms with van der Waals surface area (Å²) in [6, 6.07) is 3.99. The molecule has 0 saturated carbocycles. The summed E-state index contributed by atoms with van der Waals surface area (Å²) in [5.41, 5.74) is 0.883. The molecule has 166 valence electrons. The number of ether oxygens (including phenoxy) is 1. The van der Waals surface area contributed by atoms with Crippen LogP contribution in [0.15, 0.2) is 24.3 Å². The molecule has 1 atom stereocenters. The van der Waals surface area contributed by atoms with Crippen LogP contribution in [-0.2, 0) is 33.8 Å². The van der Waals surface area contributed by atoms with Gasteiger partial charge in [-0.3, -0.25) is 9.59 Å². The number of nitrogens with one attached hydrogen (secondary N) is 2. The molecule has 31 heavy (non-hydrogen) atoms. The van der Waals surface area contributed by atoms with Crippen molar-refractivity contribution in [3.8, 4) is 0 Å². The fourth-order valence-electron chi connectivity index (χ4n) is 3.54. The molecule has 11 heteroatoms. The highest BCUT2D eigenvalue weighted by Crippen LogP contribution is 2.35. The van der Waals surface area contributed by atoms with E-state index < -0.39 is 17.6 Å². The van der Waals surface area contributed by atoms with Crippen LogP contribution >= 0.6 is 11.8 Å². The van der Waals surface area contributed by atoms with E-state index in [2.05, 4.69) is 15.7 Å². The second-order valence-corrected chi connectivity index (χ2v) is 8.38. The van der Waals surface area contributed by atoms with Crippen molar-refractivity contribution in [1.29, 1.82) is 0 Å². The van der Waals surface area contributed by atoms with Gasteiger partial charge in [-0.05, 0) is 37.1 Å². The lowest BCUT2D eigenvalue weighted by Gasteiger charge is -2.13. The van der Waals surface area contributed by atoms with Crippen molar-refractivity contribution in [2.75, 3.05) is 18.5 Å². The average Bonchev–Trinajstić information content (AvgIpc) is 3.46. The lowest BCUT2D eigenvalue weighted by molar-refractivity contribution is -0.137. The molecule has 0 aliphatic carbocycles. The number of anilines is 1. The number of carbonyl (C=O) groups is 2. The number of rotatable bonds is 6. The lowest BCUT2D eigenvalue weighted by atomic mass is 10.1. The maximum absolute atomic E-state index is 12.8. The molecule has 0 unspecified atom stereocenters. The van der Waals surface area contributed by atoms with Crippen LogP contribution in [0, 0.1) is 0 Å². The van der Waals surface area contributed by atoms with Crippen LogP contribution < -0.4 is 10.6 Å². The second-order valence-electron chi connectivity index (χ2n) is 7.39. The summed E-state index contributed by atoms with van der Waals surface area (Å²) in [7, 11) is 0. The molecule has 2 aliphatic rings. The Bertz CT molecular complexity index is 969. The predicted octanol–water partition coefficient (Wildman–Crippen LogP) is 3.20. The lowest BCUT2D eigenvalue weighted by Crippen LogP contribution is -2.34. The predicted molar refractivity (Wildman–Crippen MR) is 109 cm³/mol. The standard InChI is InChI=1S/C20H21F3N4O3S/c21-20(22,23)13-5-3-12(4-6-13)19(29)25-18-15-10-31-11-16(15)26-27(18)9-17(28)24-8-14-2-1-7-30-14/h3-6,14H,1-2,7-11H2,(H,24,28)(H,25,29)/t14-/m1/s1. The number of halogens is 3. The second kappa shape index (κ2) is 8.91. The van der Waals surface area contributed by atoms with Crippen LogP contribution in [0.25, 0.3) is 0 Å². The van der Waals surface area contributed by atoms with Gasteiger partial charge in [-0.25, -0.2) is 4.68 Å². The van der Waals surface area contributed by atoms with Crippen LogP contribution in [0.5, 0.6) is 0 Å². The first-order valence-corrected chi connectivity index (χ1v) is 11.0. The van der Waals surface area contributed by atoms with E-state index in [9.17, 15) is 22.8 Å². The molecule has 7 nitrogen and oxygen atoms in total. The molecular formula is C20H21F3N4O3S. The third kappa shape index (κ3) is 5.04. The van der Waals surface area contributed by atoms with E-state index in [0.717, 1.165) is 48.4 Å². The highest BCUT2D eigenvalue weighted by molar-refractivity contribution is 7.98. The number of benzene rings is 1. The maximum atomic E-state index is 12.8. The number of hydrogen-bond donors (Lipinski definition) is 2. The van der Waals surface area contributed by atoms with Crippen molar-refractivity contribution < 1.29 is 27.5 Å². The van der Waals surface area contributed by atoms with Crippen molar-refractivity contribution in [2.45, 2.75) is 43.2 Å². The molecule has 2 aliphatic heterocycles. The van der Waals surface area contributed by atoms with Crippen LogP contribution in [0.1, 0.15) is 40.0 Å². The molecule has 3 heterocycles. The van der Waals surface area contributed by atoms with E-state index in [-0.39, 0.29) is 24.1 Å². The van der Waals surface area contributed by atoms with Crippen molar-refractivity contribution >= 4 is 29.4 Å². The third-order valence-electron chi connectivity index (χ3n) is 5.17. The highest BCUT2D eigenvalue weighted by Gasteiger charge is 2.30. The quantitative estimate of drug-likeness (QED) is 0.700. The minimum atomic E-state index is -4.47. The van der Waals surface area contributed by atoms with E-state index in [1.54, 1.807) is 11.8 Å². The third-order valence-corrected chi connectivity index (χ3v) is 6.14. The number of hydrogen-bond acceptors (Lipinski definition) is 5. The van der Waals surface area contributed by atoms with Crippen molar-refractivity contribution in [2.24, 2.45) is 0 Å². The van der Waals surface area contributed by atoms with Crippen molar-refractivity contribution in [3.05, 3.63) is 46.6 Å². The van der Waals surface area contributed by atoms with Gasteiger partial charge in [0.1, 0.15) is 12.4 Å². The van der Waals surface area contributed by atoms with Gasteiger partial charge in [-0.1, -0.05) is 0 Å². The normalized spacial score (nSPS) is 18.1. The summed E-state index contributed by atoms with van der Waals surface area (Å²) >= 11 is 1.64. The Hall–Kier alpha value is -2.53. The van der Waals surface area contributed by atoms with Gasteiger partial charge in [0.25, 0.3) is 5.91 Å². The Morgan fingerprint density at radius 1 is 1.23 bits per heavy atom. The molecule has 0 bridgehead atoms. The van der Waals surface area contributed by atoms with E-state index in [0.29, 0.717) is 30.5 Å². The summed E-state index contributed by atoms with van der Waals surface area (Å²) < 4.78 is 45.2. The molecule has 1 saturated heterocycles. The van der Waals surface area contributed by atoms with E-state index >= 15 is 0 Å². The number of fused-ring (bicyclic) bond motifs is 1. The number of amides is 2. The highest BCUT2D eigenvalue weighted by atomic mass is 32.2. The summed E-state index contributed by atoms with van der Waals surface area (Å²) in [5.74, 6) is 0.888. The first-order chi connectivity index (χ1) is 14.8. The first-order valence-electron chi connectivity index (χ1n) is 9.84. The van der Waals surface area contributed by atoms with Crippen molar-refractivity contribution in [3.63, 3.8) is 0 Å². The Balaban J connectivity index is 1.46. The van der Waals surface area contributed by atoms with Crippen LogP contribution in [0.3, 0.4) is 0 Å². The molecule has 0 radical (unpaired) electrons. The number of carbonyl (C=O) groups excluding carboxylic acids is 2. The molecule has 4 rings (SSSR count). The number of aromatic nitrogens is 2. The van der Waals surface area contributed by atoms with Gasteiger partial charge in [0.15, 0.2) is 0 Å². The minimum absolute atomic E-state index is 0.0156. The molecule has 1 aromatic carbocycles. The van der Waals surface area contributed by atoms with Gasteiger partial charge < -0.3 is 15.4 Å². The monoisotopic (exact) mass is 454 g/mol. The Labute approximate surface area is 180 Å². The number of thioether (sulfide) groups is 1. The minimum Gasteiger partial charge on any atom is -0.376 e. The van der Waals surface area contributed by atoms with Gasteiger partial charge in [0.05, 0.1) is 17.4 Å². The fraction of sp³-hybridized carbons (Fsp3) is 0.450. The Kier molecular flexibility index (Phi) is 6.24. The Morgan fingerprint density at radius 3 is 2.68 bits per heavy atom. The van der Waals surface area contributed by atoms with Crippen LogP contribution in [-0.4, -0.2) is 40.9 Å². The van der Waals surface area contributed by atoms with Gasteiger partial charge in [0, 0.05) is 35.8 Å². The van der Waals surface area contributed by atoms with Gasteiger partial charge in [0.2, 0.25) is 5.91 Å². The molecule has 1 fully saturated rings. The average molecular weight is 454 g/mol. The van der Waals surface area contributed by atoms with E-state index in [4.69, 9.17) is 4.74 Å². The zero-order chi connectivity index (χ0) is 22.0. The topological polar surface area (TPSA) is 85.2 Å². The Morgan fingerprint density at radius 2 is 2.00 bits per heavy atom. The number of alkyl halides is 3. The molecule has 1 aromatic heterocycles. The summed E-state index contributed by atoms with van der Waals surface area (Å²) in [6.07, 6.45) is -2.57. The van der Waals surface area contributed by atoms with Gasteiger partial charge in [-0.15, -0.1) is 0 Å².